The Hall–Kier alpha value is 1.24. The summed E-state index contributed by atoms with van der Waals surface area (Å²) in [7, 11) is 0. The maximum Gasteiger partial charge on any atom is 1.00 e. The number of aliphatic hydroxyl groups is 1. The fourth-order valence-corrected chi connectivity index (χ4v) is 0.219. The minimum Gasteiger partial charge on any atom is -0.667 e. The number of aliphatic hydroxyl groups excluding tert-OH is 1. The van der Waals surface area contributed by atoms with Crippen LogP contribution in [0.2, 0.25) is 0 Å². The van der Waals surface area contributed by atoms with Crippen molar-refractivity contribution in [2.24, 2.45) is 5.92 Å². The molecule has 0 fully saturated rings. The molecular weight excluding hydrogens is 216 g/mol. The van der Waals surface area contributed by atoms with Gasteiger partial charge in [-0.25, -0.2) is 0 Å². The number of hydrogen-bond donors (Lipinski definition) is 1. The Bertz CT molecular complexity index is 96.4. The average molecular weight is 232 g/mol. The summed E-state index contributed by atoms with van der Waals surface area (Å²) in [6.07, 6.45) is -0.694. The Morgan fingerprint density at radius 1 is 1.36 bits per heavy atom. The summed E-state index contributed by atoms with van der Waals surface area (Å²) in [4.78, 5) is 10.1. The van der Waals surface area contributed by atoms with Crippen molar-refractivity contribution in [3.8, 4) is 0 Å². The Balaban J connectivity index is -0.000000196. The molecule has 2 unspecified atom stereocenters. The second-order valence-corrected chi connectivity index (χ2v) is 1.89. The zero-order valence-electron chi connectivity index (χ0n) is 8.01. The van der Waals surface area contributed by atoms with E-state index >= 15 is 0 Å². The molecule has 0 rings (SSSR count). The van der Waals surface area contributed by atoms with Crippen molar-refractivity contribution in [3.05, 3.63) is 5.73 Å². The van der Waals surface area contributed by atoms with Crippen LogP contribution in [0, 0.1) is 5.92 Å². The van der Waals surface area contributed by atoms with Gasteiger partial charge in [0.25, 0.3) is 0 Å². The third-order valence-electron chi connectivity index (χ3n) is 1.14. The largest absolute Gasteiger partial charge is 1.00 e. The molecule has 3 nitrogen and oxygen atoms in total. The van der Waals surface area contributed by atoms with Crippen LogP contribution >= 0.6 is 0 Å². The smallest absolute Gasteiger partial charge is 0.667 e. The van der Waals surface area contributed by atoms with Crippen molar-refractivity contribution in [2.75, 3.05) is 0 Å². The third kappa shape index (κ3) is 11.2. The summed E-state index contributed by atoms with van der Waals surface area (Å²) < 4.78 is 0. The van der Waals surface area contributed by atoms with Crippen LogP contribution in [0.1, 0.15) is 27.7 Å². The monoisotopic (exact) mass is 231 g/mol. The molecule has 0 aliphatic rings. The first-order valence-corrected chi connectivity index (χ1v) is 3.49. The third-order valence-corrected chi connectivity index (χ3v) is 1.14. The summed E-state index contributed by atoms with van der Waals surface area (Å²) in [5.41, 5.74) is 6.52. The summed E-state index contributed by atoms with van der Waals surface area (Å²) >= 11 is 0. The number of carbonyl (C=O) groups excluding carboxylic acids is 1. The number of amides is 1. The van der Waals surface area contributed by atoms with Gasteiger partial charge < -0.3 is 15.6 Å². The van der Waals surface area contributed by atoms with E-state index in [1.165, 1.54) is 13.8 Å². The summed E-state index contributed by atoms with van der Waals surface area (Å²) in [5.74, 6) is -1.25. The molecule has 2 atom stereocenters. The van der Waals surface area contributed by atoms with Crippen molar-refractivity contribution < 1.29 is 68.1 Å². The van der Waals surface area contributed by atoms with Crippen molar-refractivity contribution >= 4 is 5.91 Å². The quantitative estimate of drug-likeness (QED) is 0.636. The molecule has 2 N–H and O–H groups in total. The Morgan fingerprint density at radius 2 is 1.64 bits per heavy atom. The van der Waals surface area contributed by atoms with Gasteiger partial charge >= 0.3 is 58.2 Å². The first kappa shape index (κ1) is 18.1. The zero-order valence-corrected chi connectivity index (χ0v) is 12.9. The first-order chi connectivity index (χ1) is 4.55. The van der Waals surface area contributed by atoms with Crippen LogP contribution in [0.4, 0.5) is 0 Å². The maximum absolute atomic E-state index is 10.1. The van der Waals surface area contributed by atoms with Crippen LogP contribution in [-0.2, 0) is 4.79 Å². The molecule has 0 aliphatic carbocycles. The number of rotatable bonds is 2. The van der Waals surface area contributed by atoms with Crippen molar-refractivity contribution in [1.82, 2.24) is 0 Å². The molecule has 0 spiro atoms. The SMILES string of the molecule is CC.CC(O)C(C)C([NH-])=O.[Rb+]. The van der Waals surface area contributed by atoms with E-state index < -0.39 is 17.9 Å². The average Bonchev–Trinajstić information content (AvgIpc) is 1.90. The normalized spacial score (nSPS) is 13.2. The zero-order chi connectivity index (χ0) is 8.73. The van der Waals surface area contributed by atoms with Gasteiger partial charge in [0.1, 0.15) is 0 Å². The van der Waals surface area contributed by atoms with E-state index in [2.05, 4.69) is 0 Å². The van der Waals surface area contributed by atoms with E-state index in [1.54, 1.807) is 0 Å². The van der Waals surface area contributed by atoms with Crippen molar-refractivity contribution in [3.63, 3.8) is 0 Å². The standard InChI is InChI=1S/C5H11NO2.C2H6.Rb/c1-3(4(2)7)5(6)8;1-2;/h3-4,7H,1-2H3,(H2,6,8);1-2H3;/q;;+1/p-1. The molecule has 0 aromatic carbocycles. The number of carbonyl (C=O) groups is 1. The van der Waals surface area contributed by atoms with Gasteiger partial charge in [-0.15, -0.1) is 0 Å². The molecule has 0 bridgehead atoms. The maximum atomic E-state index is 10.1. The molecule has 0 saturated heterocycles. The van der Waals surface area contributed by atoms with Gasteiger partial charge in [0.15, 0.2) is 0 Å². The first-order valence-electron chi connectivity index (χ1n) is 3.49. The number of nitrogens with one attached hydrogen (secondary N) is 1. The Morgan fingerprint density at radius 3 is 1.64 bits per heavy atom. The second-order valence-electron chi connectivity index (χ2n) is 1.89. The van der Waals surface area contributed by atoms with Gasteiger partial charge in [0.05, 0.1) is 12.0 Å². The Labute approximate surface area is 118 Å². The van der Waals surface area contributed by atoms with Crippen LogP contribution in [0.5, 0.6) is 0 Å². The molecule has 0 aromatic rings. The van der Waals surface area contributed by atoms with Gasteiger partial charge in [-0.3, -0.25) is 0 Å². The van der Waals surface area contributed by atoms with E-state index in [4.69, 9.17) is 10.8 Å². The molecule has 0 aliphatic heterocycles. The van der Waals surface area contributed by atoms with Gasteiger partial charge in [0, 0.05) is 5.92 Å². The Kier molecular flexibility index (Phi) is 18.5. The fraction of sp³-hybridized carbons (Fsp3) is 0.857. The van der Waals surface area contributed by atoms with Crippen LogP contribution in [0.25, 0.3) is 5.73 Å². The van der Waals surface area contributed by atoms with Crippen LogP contribution < -0.4 is 58.2 Å². The molecule has 62 valence electrons. The van der Waals surface area contributed by atoms with Crippen molar-refractivity contribution in [1.29, 1.82) is 0 Å². The molecule has 4 heteroatoms. The van der Waals surface area contributed by atoms with E-state index in [1.807, 2.05) is 13.8 Å². The molecule has 0 radical (unpaired) electrons. The van der Waals surface area contributed by atoms with Gasteiger partial charge in [0.2, 0.25) is 0 Å². The van der Waals surface area contributed by atoms with Crippen molar-refractivity contribution in [2.45, 2.75) is 33.8 Å². The summed E-state index contributed by atoms with van der Waals surface area (Å²) in [6.45, 7) is 7.02. The van der Waals surface area contributed by atoms with Gasteiger partial charge in [-0.05, 0) is 6.92 Å². The van der Waals surface area contributed by atoms with Crippen LogP contribution in [0.15, 0.2) is 0 Å². The molecule has 0 saturated carbocycles. The predicted octanol–water partition coefficient (Wildman–Crippen LogP) is -1.39. The summed E-state index contributed by atoms with van der Waals surface area (Å²) in [5, 5.41) is 8.65. The molecular formula is C7H16NO2Rb. The van der Waals surface area contributed by atoms with Crippen LogP contribution in [-0.4, -0.2) is 17.1 Å². The molecule has 1 amide bonds. The minimum atomic E-state index is -0.708. The van der Waals surface area contributed by atoms with Crippen LogP contribution in [0.3, 0.4) is 0 Å². The number of hydrogen-bond acceptors (Lipinski definition) is 2. The predicted molar refractivity (Wildman–Crippen MR) is 41.5 cm³/mol. The summed E-state index contributed by atoms with van der Waals surface area (Å²) in [6, 6.07) is 0. The second kappa shape index (κ2) is 11.2. The minimum absolute atomic E-state index is 0. The van der Waals surface area contributed by atoms with Gasteiger partial charge in [-0.2, -0.15) is 0 Å². The topological polar surface area (TPSA) is 61.1 Å². The van der Waals surface area contributed by atoms with Gasteiger partial charge in [-0.1, -0.05) is 20.8 Å². The molecule has 0 aromatic heterocycles. The fourth-order valence-electron chi connectivity index (χ4n) is 0.219. The van der Waals surface area contributed by atoms with E-state index in [0.717, 1.165) is 0 Å². The molecule has 11 heavy (non-hydrogen) atoms. The van der Waals surface area contributed by atoms with E-state index in [-0.39, 0.29) is 58.2 Å². The van der Waals surface area contributed by atoms with E-state index in [9.17, 15) is 4.79 Å². The van der Waals surface area contributed by atoms with E-state index in [0.29, 0.717) is 0 Å². The molecule has 0 heterocycles.